The molecule has 22 heterocycles. The molecule has 0 spiro atoms. The second kappa shape index (κ2) is 34.1. The van der Waals surface area contributed by atoms with E-state index in [1.165, 1.54) is 38.8 Å². The molecule has 22 rings (SSSR count). The van der Waals surface area contributed by atoms with Crippen LogP contribution >= 0.6 is 0 Å². The van der Waals surface area contributed by atoms with Gasteiger partial charge in [-0.15, -0.1) is 0 Å². The standard InChI is InChI=1S/2C24H27N7O.2C23H27N7O/c2*1-3-19-22-11-21(27-31(22)13-16(2)25-19)20-12-24(32)30-15-18(6-7-23(30)26-20)29-10-9-28-8-4-5-17(28)14-29;2*1-5-18-21-10-20(26-30(21)12-15(2)24-18)19-11-23(31)29-14-17(6-7-22(29)25-19)28-9-8-16(13-28)27(3)4/h2*6-7,11-13,15,17H,3-5,8-10,14H2,1-2H3;2*6-7,10-12,14,16H,5,8-9,13H2,1-4H3/t2*17-;2*16-/m1010/s1. The number of hydrogen-bond donors (Lipinski definition) is 0. The Bertz CT molecular complexity index is 6710. The minimum absolute atomic E-state index is 0.0894. The third-order valence-corrected chi connectivity index (χ3v) is 26.0. The Kier molecular flexibility index (Phi) is 22.4. The third-order valence-electron chi connectivity index (χ3n) is 26.0. The van der Waals surface area contributed by atoms with Crippen LogP contribution in [0.1, 0.15) is 112 Å². The Morgan fingerprint density at radius 1 is 0.302 bits per heavy atom. The van der Waals surface area contributed by atoms with E-state index in [1.54, 1.807) is 41.9 Å². The average Bonchev–Trinajstić information content (AvgIpc) is 1.79. The van der Waals surface area contributed by atoms with E-state index in [4.69, 9.17) is 19.9 Å². The van der Waals surface area contributed by atoms with Gasteiger partial charge in [0.15, 0.2) is 0 Å². The topological polar surface area (TPSA) is 284 Å². The number of aromatic nitrogens is 20. The maximum atomic E-state index is 13.0. The molecule has 32 heteroatoms. The van der Waals surface area contributed by atoms with Gasteiger partial charge < -0.3 is 29.4 Å². The molecule has 0 aliphatic carbocycles. The van der Waals surface area contributed by atoms with E-state index in [-0.39, 0.29) is 22.2 Å². The zero-order valence-electron chi connectivity index (χ0n) is 73.9. The van der Waals surface area contributed by atoms with Gasteiger partial charge >= 0.3 is 0 Å². The molecule has 32 nitrogen and oxygen atoms in total. The van der Waals surface area contributed by atoms with E-state index in [1.807, 2.05) is 144 Å². The van der Waals surface area contributed by atoms with Crippen molar-refractivity contribution in [1.82, 2.24) is 116 Å². The smallest absolute Gasteiger partial charge is 0.258 e. The van der Waals surface area contributed by atoms with Gasteiger partial charge in [0.1, 0.15) is 45.4 Å². The van der Waals surface area contributed by atoms with Crippen molar-refractivity contribution < 1.29 is 0 Å². The first-order valence-electron chi connectivity index (χ1n) is 44.4. The third kappa shape index (κ3) is 16.3. The highest BCUT2D eigenvalue weighted by Gasteiger charge is 2.34. The SMILES string of the molecule is CCc1nc(C)cn2nc(-c3cc(=O)n4cc(N5CCN6CCC[C@@H]6C5)ccc4n3)cc12.CCc1nc(C)cn2nc(-c3cc(=O)n4cc(N5CCN6CCC[C@H]6C5)ccc4n3)cc12.CCc1nc(C)cn2nc(-c3cc(=O)n4cc(N5CC[C@@H](N(C)C)C5)ccc4n3)cc12.CCc1nc(C)cn2nc(-c3cc(=O)n4cc(N5CC[C@H](N(C)C)C5)ccc4n3)cc12. The summed E-state index contributed by atoms with van der Waals surface area (Å²) < 4.78 is 13.9. The highest BCUT2D eigenvalue weighted by Crippen LogP contribution is 2.33. The summed E-state index contributed by atoms with van der Waals surface area (Å²) in [5.74, 6) is 0. The molecule has 126 heavy (non-hydrogen) atoms. The van der Waals surface area contributed by atoms with Crippen LogP contribution in [0.5, 0.6) is 0 Å². The highest BCUT2D eigenvalue weighted by atomic mass is 16.1. The number of likely N-dealkylation sites (N-methyl/N-ethyl adjacent to an activating group) is 2. The lowest BCUT2D eigenvalue weighted by atomic mass is 10.1. The minimum Gasteiger partial charge on any atom is -0.369 e. The van der Waals surface area contributed by atoms with Crippen LogP contribution in [0.25, 0.3) is 90.2 Å². The number of rotatable bonds is 14. The molecule has 648 valence electrons. The maximum Gasteiger partial charge on any atom is 0.258 e. The van der Waals surface area contributed by atoms with Crippen LogP contribution in [0, 0.1) is 27.7 Å². The van der Waals surface area contributed by atoms with Gasteiger partial charge in [0, 0.05) is 139 Å². The van der Waals surface area contributed by atoms with Crippen LogP contribution in [0.15, 0.2) is 166 Å². The molecule has 6 aliphatic heterocycles. The van der Waals surface area contributed by atoms with Gasteiger partial charge in [-0.3, -0.25) is 66.5 Å². The lowest BCUT2D eigenvalue weighted by molar-refractivity contribution is 0.231. The average molecular weight is 1690 g/mol. The van der Waals surface area contributed by atoms with Crippen LogP contribution < -0.4 is 41.8 Å². The molecule has 0 unspecified atom stereocenters. The number of aryl methyl sites for hydroxylation is 8. The van der Waals surface area contributed by atoms with Gasteiger partial charge in [-0.2, -0.15) is 20.4 Å². The summed E-state index contributed by atoms with van der Waals surface area (Å²) in [7, 11) is 8.46. The number of anilines is 4. The van der Waals surface area contributed by atoms with Gasteiger partial charge in [-0.1, -0.05) is 27.7 Å². The van der Waals surface area contributed by atoms with E-state index < -0.39 is 0 Å². The molecule has 0 radical (unpaired) electrons. The zero-order chi connectivity index (χ0) is 87.0. The summed E-state index contributed by atoms with van der Waals surface area (Å²) in [6.07, 6.45) is 25.9. The zero-order valence-corrected chi connectivity index (χ0v) is 73.9. The Balaban J connectivity index is 0.000000110. The van der Waals surface area contributed by atoms with Crippen LogP contribution in [0.3, 0.4) is 0 Å². The number of fused-ring (bicyclic) bond motifs is 10. The van der Waals surface area contributed by atoms with Gasteiger partial charge in [0.2, 0.25) is 0 Å². The van der Waals surface area contributed by atoms with Gasteiger partial charge in [0.05, 0.1) is 138 Å². The Hall–Kier alpha value is -13.0. The quantitative estimate of drug-likeness (QED) is 0.0978. The molecule has 0 N–H and O–H groups in total. The lowest BCUT2D eigenvalue weighted by Gasteiger charge is -2.38. The maximum absolute atomic E-state index is 13.0. The summed E-state index contributed by atoms with van der Waals surface area (Å²) in [6.45, 7) is 28.8. The van der Waals surface area contributed by atoms with Crippen molar-refractivity contribution >= 4 is 67.4 Å². The highest BCUT2D eigenvalue weighted by molar-refractivity contribution is 5.72. The molecule has 0 bridgehead atoms. The normalized spacial score (nSPS) is 18.0. The van der Waals surface area contributed by atoms with Crippen LogP contribution in [-0.4, -0.2) is 246 Å². The Morgan fingerprint density at radius 2 is 0.571 bits per heavy atom. The molecule has 0 saturated carbocycles. The van der Waals surface area contributed by atoms with Gasteiger partial charge in [0.25, 0.3) is 22.2 Å². The summed E-state index contributed by atoms with van der Waals surface area (Å²) in [6, 6.07) is 32.5. The molecular weight excluding hydrogens is 1590 g/mol. The fraction of sp³-hybridized carbons (Fsp3) is 0.404. The fourth-order valence-corrected chi connectivity index (χ4v) is 19.2. The van der Waals surface area contributed by atoms with Gasteiger partial charge in [-0.25, -0.2) is 38.0 Å². The summed E-state index contributed by atoms with van der Waals surface area (Å²) >= 11 is 0. The van der Waals surface area contributed by atoms with Crippen LogP contribution in [0.2, 0.25) is 0 Å². The molecule has 0 amide bonds. The summed E-state index contributed by atoms with van der Waals surface area (Å²) in [5, 5.41) is 18.7. The summed E-state index contributed by atoms with van der Waals surface area (Å²) in [4.78, 5) is 109. The fourth-order valence-electron chi connectivity index (χ4n) is 19.2. The number of nitrogens with zero attached hydrogens (tertiary/aromatic N) is 28. The van der Waals surface area contributed by atoms with E-state index in [0.717, 1.165) is 194 Å². The van der Waals surface area contributed by atoms with Crippen molar-refractivity contribution in [3.8, 4) is 45.6 Å². The van der Waals surface area contributed by atoms with Gasteiger partial charge in [-0.05, 0) is 206 Å². The van der Waals surface area contributed by atoms with E-state index in [2.05, 4.69) is 160 Å². The van der Waals surface area contributed by atoms with Crippen molar-refractivity contribution in [2.75, 3.05) is 126 Å². The van der Waals surface area contributed by atoms with Crippen molar-refractivity contribution in [3.05, 3.63) is 234 Å². The molecule has 6 saturated heterocycles. The Labute approximate surface area is 728 Å². The van der Waals surface area contributed by atoms with Crippen molar-refractivity contribution in [1.29, 1.82) is 0 Å². The second-order valence-electron chi connectivity index (χ2n) is 34.8. The molecule has 6 fully saturated rings. The van der Waals surface area contributed by atoms with Crippen molar-refractivity contribution in [2.24, 2.45) is 0 Å². The lowest BCUT2D eigenvalue weighted by Crippen LogP contribution is -2.50. The molecule has 4 atom stereocenters. The van der Waals surface area contributed by atoms with Crippen LogP contribution in [0.4, 0.5) is 22.7 Å². The molecule has 6 aliphatic rings. The molecule has 16 aromatic rings. The predicted octanol–water partition coefficient (Wildman–Crippen LogP) is 9.95. The van der Waals surface area contributed by atoms with Crippen molar-refractivity contribution in [3.63, 3.8) is 0 Å². The molecule has 0 aromatic carbocycles. The largest absolute Gasteiger partial charge is 0.369 e. The summed E-state index contributed by atoms with van der Waals surface area (Å²) in [5.41, 5.74) is 22.9. The van der Waals surface area contributed by atoms with E-state index >= 15 is 0 Å². The minimum atomic E-state index is -0.104. The number of piperazine rings is 2. The van der Waals surface area contributed by atoms with Crippen molar-refractivity contribution in [2.45, 2.75) is 144 Å². The number of pyridine rings is 4. The van der Waals surface area contributed by atoms with E-state index in [0.29, 0.717) is 92.3 Å². The Morgan fingerprint density at radius 3 is 0.825 bits per heavy atom. The first-order valence-corrected chi connectivity index (χ1v) is 44.4. The second-order valence-corrected chi connectivity index (χ2v) is 34.8. The molecular formula is C94H108N28O4. The number of hydrogen-bond acceptors (Lipinski definition) is 24. The van der Waals surface area contributed by atoms with E-state index in [9.17, 15) is 19.2 Å². The first-order chi connectivity index (χ1) is 61.0. The predicted molar refractivity (Wildman–Crippen MR) is 492 cm³/mol. The molecule has 16 aromatic heterocycles. The first kappa shape index (κ1) is 82.6. The monoisotopic (exact) mass is 1690 g/mol. The van der Waals surface area contributed by atoms with Crippen LogP contribution in [-0.2, 0) is 25.7 Å².